The standard InChI is InChI=1S/C23H24N6O3S/c1-3-33(31,32)27-17-11-18(23(30)29-10-9-19-16(14-29)13-24-26-19)21-20(12-17)25-22(28(21)2)15-7-5-4-6-8-15/h4-8,11-13,27H,3,9-10,14H2,1-2H3,(H,24,26). The number of hydrogen-bond acceptors (Lipinski definition) is 5. The molecule has 2 N–H and O–H groups in total. The second-order valence-electron chi connectivity index (χ2n) is 8.11. The second kappa shape index (κ2) is 8.04. The number of H-pyrrole nitrogens is 1. The largest absolute Gasteiger partial charge is 0.334 e. The summed E-state index contributed by atoms with van der Waals surface area (Å²) >= 11 is 0. The molecule has 1 aliphatic heterocycles. The van der Waals surface area contributed by atoms with E-state index in [0.717, 1.165) is 16.8 Å². The summed E-state index contributed by atoms with van der Waals surface area (Å²) < 4.78 is 29.0. The Hall–Kier alpha value is -3.66. The molecule has 9 nitrogen and oxygen atoms in total. The van der Waals surface area contributed by atoms with Gasteiger partial charge in [-0.25, -0.2) is 13.4 Å². The van der Waals surface area contributed by atoms with Crippen LogP contribution in [0.5, 0.6) is 0 Å². The Kier molecular flexibility index (Phi) is 5.16. The summed E-state index contributed by atoms with van der Waals surface area (Å²) in [6.45, 7) is 2.56. The van der Waals surface area contributed by atoms with Crippen molar-refractivity contribution < 1.29 is 13.2 Å². The van der Waals surface area contributed by atoms with E-state index in [4.69, 9.17) is 4.98 Å². The number of rotatable bonds is 5. The Morgan fingerprint density at radius 3 is 2.76 bits per heavy atom. The van der Waals surface area contributed by atoms with E-state index >= 15 is 0 Å². The van der Waals surface area contributed by atoms with Crippen molar-refractivity contribution in [2.45, 2.75) is 19.9 Å². The molecule has 0 fully saturated rings. The first-order chi connectivity index (χ1) is 15.9. The smallest absolute Gasteiger partial charge is 0.256 e. The predicted octanol–water partition coefficient (Wildman–Crippen LogP) is 2.92. The number of carbonyl (C=O) groups excluding carboxylic acids is 1. The highest BCUT2D eigenvalue weighted by molar-refractivity contribution is 7.92. The lowest BCUT2D eigenvalue weighted by Crippen LogP contribution is -2.36. The van der Waals surface area contributed by atoms with E-state index in [-0.39, 0.29) is 11.7 Å². The minimum absolute atomic E-state index is 0.0683. The third kappa shape index (κ3) is 3.86. The van der Waals surface area contributed by atoms with Crippen molar-refractivity contribution in [3.05, 3.63) is 65.5 Å². The lowest BCUT2D eigenvalue weighted by Gasteiger charge is -2.27. The van der Waals surface area contributed by atoms with Gasteiger partial charge in [-0.2, -0.15) is 5.10 Å². The minimum Gasteiger partial charge on any atom is -0.334 e. The Labute approximate surface area is 191 Å². The van der Waals surface area contributed by atoms with Gasteiger partial charge in [-0.05, 0) is 19.1 Å². The highest BCUT2D eigenvalue weighted by atomic mass is 32.2. The lowest BCUT2D eigenvalue weighted by atomic mass is 10.1. The average molecular weight is 465 g/mol. The quantitative estimate of drug-likeness (QED) is 0.472. The van der Waals surface area contributed by atoms with Gasteiger partial charge in [-0.3, -0.25) is 14.6 Å². The summed E-state index contributed by atoms with van der Waals surface area (Å²) in [7, 11) is -1.65. The van der Waals surface area contributed by atoms with Crippen LogP contribution in [0.1, 0.15) is 28.5 Å². The van der Waals surface area contributed by atoms with Crippen LogP contribution in [0.3, 0.4) is 0 Å². The molecule has 2 aromatic carbocycles. The van der Waals surface area contributed by atoms with Gasteiger partial charge in [0.05, 0.1) is 34.2 Å². The fraction of sp³-hybridized carbons (Fsp3) is 0.261. The number of hydrogen-bond donors (Lipinski definition) is 2. The molecule has 5 rings (SSSR count). The van der Waals surface area contributed by atoms with Crippen LogP contribution in [-0.2, 0) is 30.0 Å². The fourth-order valence-electron chi connectivity index (χ4n) is 4.24. The van der Waals surface area contributed by atoms with Gasteiger partial charge in [-0.1, -0.05) is 30.3 Å². The van der Waals surface area contributed by atoms with Crippen molar-refractivity contribution in [3.63, 3.8) is 0 Å². The van der Waals surface area contributed by atoms with E-state index in [1.54, 1.807) is 30.2 Å². The maximum atomic E-state index is 13.7. The Balaban J connectivity index is 1.65. The van der Waals surface area contributed by atoms with Crippen LogP contribution >= 0.6 is 0 Å². The summed E-state index contributed by atoms with van der Waals surface area (Å²) in [5.41, 5.74) is 4.89. The molecule has 0 saturated heterocycles. The predicted molar refractivity (Wildman–Crippen MR) is 126 cm³/mol. The molecule has 2 aromatic heterocycles. The van der Waals surface area contributed by atoms with Crippen molar-refractivity contribution in [2.75, 3.05) is 17.0 Å². The lowest BCUT2D eigenvalue weighted by molar-refractivity contribution is 0.0736. The molecule has 3 heterocycles. The topological polar surface area (TPSA) is 113 Å². The zero-order valence-electron chi connectivity index (χ0n) is 18.4. The molecule has 0 unspecified atom stereocenters. The first kappa shape index (κ1) is 21.2. The van der Waals surface area contributed by atoms with Gasteiger partial charge in [0.2, 0.25) is 10.0 Å². The van der Waals surface area contributed by atoms with Crippen molar-refractivity contribution in [1.29, 1.82) is 0 Å². The number of nitrogens with one attached hydrogen (secondary N) is 2. The van der Waals surface area contributed by atoms with Gasteiger partial charge in [0.15, 0.2) is 0 Å². The van der Waals surface area contributed by atoms with Crippen LogP contribution in [0.15, 0.2) is 48.7 Å². The monoisotopic (exact) mass is 464 g/mol. The number of imidazole rings is 1. The molecule has 1 amide bonds. The molecule has 1 aliphatic rings. The number of carbonyl (C=O) groups is 1. The maximum Gasteiger partial charge on any atom is 0.256 e. The SMILES string of the molecule is CCS(=O)(=O)Nc1cc(C(=O)N2CCc3[nH]ncc3C2)c2c(c1)nc(-c1ccccc1)n2C. The number of amides is 1. The number of benzene rings is 2. The first-order valence-electron chi connectivity index (χ1n) is 10.7. The Morgan fingerprint density at radius 1 is 1.21 bits per heavy atom. The van der Waals surface area contributed by atoms with Crippen molar-refractivity contribution >= 4 is 32.7 Å². The van der Waals surface area contributed by atoms with Gasteiger partial charge in [0.25, 0.3) is 5.91 Å². The number of aromatic nitrogens is 4. The number of aryl methyl sites for hydroxylation is 1. The van der Waals surface area contributed by atoms with E-state index in [2.05, 4.69) is 14.9 Å². The molecule has 10 heteroatoms. The molecule has 0 spiro atoms. The number of nitrogens with zero attached hydrogens (tertiary/aromatic N) is 4. The van der Waals surface area contributed by atoms with Gasteiger partial charge in [0.1, 0.15) is 5.82 Å². The number of fused-ring (bicyclic) bond motifs is 2. The van der Waals surface area contributed by atoms with Crippen molar-refractivity contribution in [3.8, 4) is 11.4 Å². The summed E-state index contributed by atoms with van der Waals surface area (Å²) in [6, 6.07) is 13.0. The van der Waals surface area contributed by atoms with E-state index in [1.165, 1.54) is 0 Å². The molecule has 0 saturated carbocycles. The minimum atomic E-state index is -3.52. The van der Waals surface area contributed by atoms with E-state index in [1.807, 2.05) is 41.9 Å². The molecule has 170 valence electrons. The van der Waals surface area contributed by atoms with Gasteiger partial charge >= 0.3 is 0 Å². The summed E-state index contributed by atoms with van der Waals surface area (Å²) in [5.74, 6) is 0.458. The van der Waals surface area contributed by atoms with Crippen LogP contribution in [0, 0.1) is 0 Å². The summed E-state index contributed by atoms with van der Waals surface area (Å²) in [5, 5.41) is 7.06. The van der Waals surface area contributed by atoms with Gasteiger partial charge in [0, 0.05) is 43.4 Å². The molecule has 0 aliphatic carbocycles. The molecule has 0 radical (unpaired) electrons. The number of aromatic amines is 1. The van der Waals surface area contributed by atoms with E-state index in [0.29, 0.717) is 47.6 Å². The highest BCUT2D eigenvalue weighted by Gasteiger charge is 2.27. The van der Waals surface area contributed by atoms with Crippen LogP contribution in [0.2, 0.25) is 0 Å². The van der Waals surface area contributed by atoms with Crippen molar-refractivity contribution in [2.24, 2.45) is 7.05 Å². The van der Waals surface area contributed by atoms with Crippen LogP contribution in [-0.4, -0.2) is 51.3 Å². The molecular formula is C23H24N6O3S. The summed E-state index contributed by atoms with van der Waals surface area (Å²) in [4.78, 5) is 20.2. The van der Waals surface area contributed by atoms with Gasteiger partial charge < -0.3 is 9.47 Å². The summed E-state index contributed by atoms with van der Waals surface area (Å²) in [6.07, 6.45) is 2.43. The molecule has 0 bridgehead atoms. The third-order valence-electron chi connectivity index (χ3n) is 5.97. The van der Waals surface area contributed by atoms with Crippen LogP contribution in [0.4, 0.5) is 5.69 Å². The van der Waals surface area contributed by atoms with Gasteiger partial charge in [-0.15, -0.1) is 0 Å². The maximum absolute atomic E-state index is 13.7. The van der Waals surface area contributed by atoms with E-state index < -0.39 is 10.0 Å². The first-order valence-corrected chi connectivity index (χ1v) is 12.4. The normalized spacial score (nSPS) is 13.8. The highest BCUT2D eigenvalue weighted by Crippen LogP contribution is 2.31. The average Bonchev–Trinajstić information content (AvgIpc) is 3.42. The molecule has 33 heavy (non-hydrogen) atoms. The fourth-order valence-corrected chi connectivity index (χ4v) is 4.86. The number of anilines is 1. The molecule has 0 atom stereocenters. The Bertz CT molecular complexity index is 1460. The molecule has 4 aromatic rings. The number of sulfonamides is 1. The zero-order chi connectivity index (χ0) is 23.2. The second-order valence-corrected chi connectivity index (χ2v) is 10.1. The Morgan fingerprint density at radius 2 is 2.00 bits per heavy atom. The third-order valence-corrected chi connectivity index (χ3v) is 7.28. The van der Waals surface area contributed by atoms with Crippen LogP contribution < -0.4 is 4.72 Å². The zero-order valence-corrected chi connectivity index (χ0v) is 19.2. The van der Waals surface area contributed by atoms with Crippen LogP contribution in [0.25, 0.3) is 22.4 Å². The molecular weight excluding hydrogens is 440 g/mol. The van der Waals surface area contributed by atoms with E-state index in [9.17, 15) is 13.2 Å². The van der Waals surface area contributed by atoms with Crippen molar-refractivity contribution in [1.82, 2.24) is 24.6 Å².